The third kappa shape index (κ3) is 15.5. The molecule has 0 aliphatic heterocycles. The van der Waals surface area contributed by atoms with Crippen molar-refractivity contribution in [1.29, 1.82) is 0 Å². The van der Waals surface area contributed by atoms with Gasteiger partial charge in [-0.05, 0) is 99.3 Å². The smallest absolute Gasteiger partial charge is 0.754 e. The summed E-state index contributed by atoms with van der Waals surface area (Å²) in [6.45, 7) is 1.41. The van der Waals surface area contributed by atoms with Gasteiger partial charge in [0.25, 0.3) is 11.8 Å². The SMILES string of the molecule is Cc1cc(S(=O)(=O)[O-])c2c(NC(=O)c3ccc(-c4ccccc4CC(=O)Cc4ccccc4-c4ccc(C(=O)Nc5ccc(S(=O)(=O)[O-])c6c[c-]cc(S(=O)(=O)[O-])c56)cc4)cc3)ccc(S(=O)(=O)[O-])c2c1.[Na+].[Na+].[Na+].[Na+].[Na+]. The predicted molar refractivity (Wildman–Crippen MR) is 255 cm³/mol. The van der Waals surface area contributed by atoms with Gasteiger partial charge in [-0.15, -0.1) is 5.39 Å². The fourth-order valence-electron chi connectivity index (χ4n) is 8.27. The Labute approximate surface area is 548 Å². The second-order valence-electron chi connectivity index (χ2n) is 16.1. The van der Waals surface area contributed by atoms with Crippen LogP contribution >= 0.6 is 0 Å². The van der Waals surface area contributed by atoms with E-state index in [9.17, 15) is 66.3 Å². The van der Waals surface area contributed by atoms with E-state index in [0.717, 1.165) is 42.5 Å². The van der Waals surface area contributed by atoms with E-state index in [1.54, 1.807) is 72.8 Å². The number of aryl methyl sites for hydroxylation is 1. The Morgan fingerprint density at radius 3 is 1.24 bits per heavy atom. The van der Waals surface area contributed by atoms with E-state index >= 15 is 0 Å². The van der Waals surface area contributed by atoms with Gasteiger partial charge in [0, 0.05) is 45.3 Å². The van der Waals surface area contributed by atoms with Crippen LogP contribution in [0.4, 0.5) is 11.4 Å². The van der Waals surface area contributed by atoms with Gasteiger partial charge >= 0.3 is 148 Å². The second-order valence-corrected chi connectivity index (χ2v) is 21.5. The number of amides is 2. The minimum atomic E-state index is -5.22. The van der Waals surface area contributed by atoms with Crippen LogP contribution in [0.1, 0.15) is 37.4 Å². The number of nitrogens with one attached hydrogen (secondary N) is 2. The fourth-order valence-corrected chi connectivity index (χ4v) is 11.1. The molecule has 26 heteroatoms. The van der Waals surface area contributed by atoms with Crippen LogP contribution in [0.25, 0.3) is 43.8 Å². The van der Waals surface area contributed by atoms with Gasteiger partial charge in [-0.2, -0.15) is 18.2 Å². The molecule has 2 N–H and O–H groups in total. The van der Waals surface area contributed by atoms with Gasteiger partial charge in [-0.3, -0.25) is 22.8 Å². The van der Waals surface area contributed by atoms with E-state index < -0.39 is 88.0 Å². The summed E-state index contributed by atoms with van der Waals surface area (Å²) in [5, 5.41) is 3.34. The molecule has 8 aromatic carbocycles. The number of rotatable bonds is 14. The molecule has 8 aromatic rings. The first-order valence-electron chi connectivity index (χ1n) is 20.8. The molecule has 2 amide bonds. The van der Waals surface area contributed by atoms with Gasteiger partial charge in [0.1, 0.15) is 36.1 Å². The molecule has 362 valence electrons. The van der Waals surface area contributed by atoms with Gasteiger partial charge in [0.2, 0.25) is 0 Å². The molecule has 76 heavy (non-hydrogen) atoms. The largest absolute Gasteiger partial charge is 1.00 e. The van der Waals surface area contributed by atoms with Gasteiger partial charge < -0.3 is 28.8 Å². The summed E-state index contributed by atoms with van der Waals surface area (Å²) < 4.78 is 145. The van der Waals surface area contributed by atoms with Gasteiger partial charge in [0.05, 0.1) is 25.6 Å². The number of hydrogen-bond acceptors (Lipinski definition) is 15. The van der Waals surface area contributed by atoms with E-state index in [1.807, 2.05) is 0 Å². The number of carbonyl (C=O) groups excluding carboxylic acids is 3. The van der Waals surface area contributed by atoms with Crippen molar-refractivity contribution in [3.8, 4) is 22.3 Å². The summed E-state index contributed by atoms with van der Waals surface area (Å²) in [6.07, 6.45) is 0.00392. The van der Waals surface area contributed by atoms with Crippen molar-refractivity contribution in [3.63, 3.8) is 0 Å². The van der Waals surface area contributed by atoms with E-state index in [-0.39, 0.29) is 200 Å². The predicted octanol–water partition coefficient (Wildman–Crippen LogP) is -8.07. The number of benzene rings is 8. The molecule has 0 aliphatic rings. The van der Waals surface area contributed by atoms with E-state index in [2.05, 4.69) is 16.7 Å². The van der Waals surface area contributed by atoms with E-state index in [0.29, 0.717) is 33.4 Å². The summed E-state index contributed by atoms with van der Waals surface area (Å²) in [6, 6.07) is 36.9. The first-order chi connectivity index (χ1) is 33.4. The summed E-state index contributed by atoms with van der Waals surface area (Å²) in [7, 11) is -20.7. The zero-order valence-corrected chi connectivity index (χ0v) is 54.8. The Hall–Kier alpha value is -2.47. The normalized spacial score (nSPS) is 11.4. The molecule has 0 unspecified atom stereocenters. The van der Waals surface area contributed by atoms with Crippen molar-refractivity contribution >= 4 is 91.0 Å². The summed E-state index contributed by atoms with van der Waals surface area (Å²) in [5.41, 5.74) is 3.84. The van der Waals surface area contributed by atoms with Crippen LogP contribution in [-0.4, -0.2) is 69.5 Å². The van der Waals surface area contributed by atoms with Crippen LogP contribution in [0, 0.1) is 13.0 Å². The van der Waals surface area contributed by atoms with Crippen molar-refractivity contribution in [2.45, 2.75) is 39.3 Å². The number of Topliss-reactive ketones (excluding diaryl/α,β-unsaturated/α-hetero) is 1. The molecule has 0 heterocycles. The van der Waals surface area contributed by atoms with Crippen LogP contribution in [0.2, 0.25) is 0 Å². The van der Waals surface area contributed by atoms with Gasteiger partial charge in [-0.25, -0.2) is 25.3 Å². The number of hydrogen-bond donors (Lipinski definition) is 2. The number of anilines is 2. The van der Waals surface area contributed by atoms with Gasteiger partial charge in [0.15, 0.2) is 0 Å². The molecule has 0 aromatic heterocycles. The zero-order valence-electron chi connectivity index (χ0n) is 41.5. The minimum Gasteiger partial charge on any atom is -0.754 e. The Balaban J connectivity index is 0.00000304. The van der Waals surface area contributed by atoms with Crippen LogP contribution in [0.15, 0.2) is 165 Å². The maximum absolute atomic E-state index is 13.8. The minimum absolute atomic E-state index is 0. The quantitative estimate of drug-likeness (QED) is 0.0581. The van der Waals surface area contributed by atoms with Crippen molar-refractivity contribution in [3.05, 3.63) is 179 Å². The molecule has 0 saturated heterocycles. The fraction of sp³-hybridized carbons (Fsp3) is 0.0600. The number of fused-ring (bicyclic) bond motifs is 2. The maximum Gasteiger partial charge on any atom is 1.00 e. The first-order valence-corrected chi connectivity index (χ1v) is 26.4. The first kappa shape index (κ1) is 67.8. The monoisotopic (exact) mass is 1140 g/mol. The van der Waals surface area contributed by atoms with Crippen LogP contribution in [0.3, 0.4) is 0 Å². The second kappa shape index (κ2) is 27.3. The summed E-state index contributed by atoms with van der Waals surface area (Å²) in [5.74, 6) is -1.67. The molecular formula is C50H33N2Na5O15S4. The van der Waals surface area contributed by atoms with Gasteiger partial charge in [-0.1, -0.05) is 90.3 Å². The standard InChI is InChI=1S/C50H37N2O15S4.5Na/c1-29-25-40-44(69(59,60)61)24-22-42(48(40)46(26-29)71(65,66)67)52-50(55)33-19-15-31(16-20-33)38-10-5-3-8-35(38)28-36(53)27-34-7-2-4-9-37(34)30-13-17-32(18-14-30)49(54)51-41-21-23-43(68(56,57)58)39-11-6-12-45(47(39)41)70(62,63)64;;;;;/h2-5,7-26H,27-28H2,1H3,(H,51,54)(H,52,55)(H,56,57,58)(H,59,60,61)(H,62,63,64)(H,65,66,67);;;;;/q-1;5*+1/p-4. The van der Waals surface area contributed by atoms with Crippen LogP contribution < -0.4 is 158 Å². The molecule has 0 aliphatic carbocycles. The van der Waals surface area contributed by atoms with E-state index in [1.165, 1.54) is 37.3 Å². The summed E-state index contributed by atoms with van der Waals surface area (Å²) in [4.78, 5) is 37.5. The van der Waals surface area contributed by atoms with E-state index in [4.69, 9.17) is 0 Å². The average molecular weight is 1150 g/mol. The Kier molecular flexibility index (Phi) is 24.4. The van der Waals surface area contributed by atoms with Crippen molar-refractivity contribution in [1.82, 2.24) is 0 Å². The third-order valence-corrected chi connectivity index (χ3v) is 14.9. The Bertz CT molecular complexity index is 4020. The van der Waals surface area contributed by atoms with Crippen LogP contribution in [-0.2, 0) is 58.1 Å². The Morgan fingerprint density at radius 2 is 0.829 bits per heavy atom. The van der Waals surface area contributed by atoms with Crippen molar-refractivity contribution < 1.29 is 214 Å². The third-order valence-electron chi connectivity index (χ3n) is 11.4. The van der Waals surface area contributed by atoms with Crippen molar-refractivity contribution in [2.24, 2.45) is 0 Å². The van der Waals surface area contributed by atoms with Crippen LogP contribution in [0.5, 0.6) is 0 Å². The average Bonchev–Trinajstić information content (AvgIpc) is 3.30. The zero-order chi connectivity index (χ0) is 51.2. The Morgan fingerprint density at radius 1 is 0.447 bits per heavy atom. The molecule has 0 fully saturated rings. The molecule has 0 atom stereocenters. The molecule has 8 rings (SSSR count). The molecule has 0 radical (unpaired) electrons. The molecular weight excluding hydrogens is 1110 g/mol. The van der Waals surface area contributed by atoms with Crippen molar-refractivity contribution in [2.75, 3.05) is 10.6 Å². The topological polar surface area (TPSA) is 304 Å². The molecule has 17 nitrogen and oxygen atoms in total. The maximum atomic E-state index is 13.8. The number of ketones is 1. The summed E-state index contributed by atoms with van der Waals surface area (Å²) >= 11 is 0. The molecule has 0 saturated carbocycles. The molecule has 0 bridgehead atoms. The number of carbonyl (C=O) groups is 3. The molecule has 0 spiro atoms.